The number of unbranched alkanes of at least 4 members (excludes halogenated alkanes) is 1. The van der Waals surface area contributed by atoms with Crippen molar-refractivity contribution in [3.63, 3.8) is 0 Å². The third-order valence-corrected chi connectivity index (χ3v) is 3.31. The summed E-state index contributed by atoms with van der Waals surface area (Å²) in [7, 11) is 0. The van der Waals surface area contributed by atoms with Gasteiger partial charge >= 0.3 is 6.61 Å². The molecular weight excluding hydrogens is 289 g/mol. The van der Waals surface area contributed by atoms with Gasteiger partial charge in [0.15, 0.2) is 11.6 Å². The first-order valence-electron chi connectivity index (χ1n) is 7.04. The number of rotatable bonds is 7. The van der Waals surface area contributed by atoms with Gasteiger partial charge in [0.2, 0.25) is 0 Å². The first-order chi connectivity index (χ1) is 10.6. The van der Waals surface area contributed by atoms with Crippen LogP contribution in [0.3, 0.4) is 0 Å². The van der Waals surface area contributed by atoms with Crippen molar-refractivity contribution in [1.29, 1.82) is 0 Å². The third-order valence-electron chi connectivity index (χ3n) is 3.31. The lowest BCUT2D eigenvalue weighted by atomic mass is 10.0. The maximum Gasteiger partial charge on any atom is 0.387 e. The van der Waals surface area contributed by atoms with Crippen LogP contribution in [-0.2, 0) is 6.42 Å². The summed E-state index contributed by atoms with van der Waals surface area (Å²) in [6, 6.07) is 11.7. The zero-order valence-corrected chi connectivity index (χ0v) is 12.1. The topological polar surface area (TPSA) is 9.23 Å². The molecule has 0 unspecified atom stereocenters. The molecule has 0 fully saturated rings. The van der Waals surface area contributed by atoms with Crippen LogP contribution in [0.1, 0.15) is 18.4 Å². The Morgan fingerprint density at radius 1 is 1.05 bits per heavy atom. The lowest BCUT2D eigenvalue weighted by Crippen LogP contribution is -2.03. The predicted molar refractivity (Wildman–Crippen MR) is 81.6 cm³/mol. The highest BCUT2D eigenvalue weighted by molar-refractivity contribution is 5.64. The molecule has 0 aromatic heterocycles. The van der Waals surface area contributed by atoms with E-state index in [4.69, 9.17) is 0 Å². The van der Waals surface area contributed by atoms with E-state index in [2.05, 4.69) is 11.3 Å². The smallest absolute Gasteiger partial charge is 0.387 e. The van der Waals surface area contributed by atoms with Crippen LogP contribution in [0, 0.1) is 5.82 Å². The fraction of sp³-hybridized carbons (Fsp3) is 0.222. The Balaban J connectivity index is 2.11. The van der Waals surface area contributed by atoms with Crippen LogP contribution in [0.15, 0.2) is 55.1 Å². The number of ether oxygens (including phenoxy) is 1. The molecule has 116 valence electrons. The molecule has 2 aromatic carbocycles. The Hall–Kier alpha value is -2.23. The molecule has 0 heterocycles. The second-order valence-corrected chi connectivity index (χ2v) is 4.90. The van der Waals surface area contributed by atoms with E-state index in [1.54, 1.807) is 6.07 Å². The molecule has 2 rings (SSSR count). The van der Waals surface area contributed by atoms with Gasteiger partial charge in [0.05, 0.1) is 0 Å². The van der Waals surface area contributed by atoms with Gasteiger partial charge in [-0.3, -0.25) is 0 Å². The highest BCUT2D eigenvalue weighted by Gasteiger charge is 2.11. The molecule has 0 aliphatic carbocycles. The minimum Gasteiger partial charge on any atom is -0.432 e. The Morgan fingerprint density at radius 3 is 2.32 bits per heavy atom. The Kier molecular flexibility index (Phi) is 5.64. The van der Waals surface area contributed by atoms with E-state index in [1.807, 2.05) is 30.3 Å². The summed E-state index contributed by atoms with van der Waals surface area (Å²) in [5.41, 5.74) is 2.65. The molecule has 1 nitrogen and oxygen atoms in total. The second kappa shape index (κ2) is 7.69. The van der Waals surface area contributed by atoms with Crippen molar-refractivity contribution in [2.75, 3.05) is 0 Å². The lowest BCUT2D eigenvalue weighted by Gasteiger charge is -2.08. The number of benzene rings is 2. The summed E-state index contributed by atoms with van der Waals surface area (Å²) in [6.07, 6.45) is 4.86. The van der Waals surface area contributed by atoms with Crippen LogP contribution in [0.5, 0.6) is 5.75 Å². The SMILES string of the molecule is C=CCCCc1ccc(-c2ccc(OC(F)F)c(F)c2)cc1. The molecule has 0 bridgehead atoms. The molecule has 0 saturated carbocycles. The molecule has 0 atom stereocenters. The largest absolute Gasteiger partial charge is 0.432 e. The van der Waals surface area contributed by atoms with Gasteiger partial charge in [0, 0.05) is 0 Å². The Labute approximate surface area is 128 Å². The van der Waals surface area contributed by atoms with Crippen molar-refractivity contribution in [3.8, 4) is 16.9 Å². The van der Waals surface area contributed by atoms with E-state index in [0.717, 1.165) is 24.8 Å². The van der Waals surface area contributed by atoms with Gasteiger partial charge < -0.3 is 4.74 Å². The maximum atomic E-state index is 13.7. The molecule has 4 heteroatoms. The van der Waals surface area contributed by atoms with Crippen LogP contribution >= 0.6 is 0 Å². The van der Waals surface area contributed by atoms with Crippen LogP contribution in [0.4, 0.5) is 13.2 Å². The summed E-state index contributed by atoms with van der Waals surface area (Å²) in [6.45, 7) is 0.654. The van der Waals surface area contributed by atoms with Crippen LogP contribution in [0.25, 0.3) is 11.1 Å². The first-order valence-corrected chi connectivity index (χ1v) is 7.04. The van der Waals surface area contributed by atoms with E-state index in [9.17, 15) is 13.2 Å². The van der Waals surface area contributed by atoms with Crippen LogP contribution < -0.4 is 4.74 Å². The molecule has 0 spiro atoms. The predicted octanol–water partition coefficient (Wildman–Crippen LogP) is 5.60. The van der Waals surface area contributed by atoms with Crippen molar-refractivity contribution in [2.45, 2.75) is 25.9 Å². The lowest BCUT2D eigenvalue weighted by molar-refractivity contribution is -0.0521. The normalized spacial score (nSPS) is 10.7. The molecule has 0 amide bonds. The first kappa shape index (κ1) is 16.1. The highest BCUT2D eigenvalue weighted by atomic mass is 19.3. The average molecular weight is 306 g/mol. The van der Waals surface area contributed by atoms with Crippen LogP contribution in [0.2, 0.25) is 0 Å². The average Bonchev–Trinajstić information content (AvgIpc) is 2.50. The van der Waals surface area contributed by atoms with Crippen LogP contribution in [-0.4, -0.2) is 6.61 Å². The number of hydrogen-bond donors (Lipinski definition) is 0. The van der Waals surface area contributed by atoms with E-state index >= 15 is 0 Å². The fourth-order valence-electron chi connectivity index (χ4n) is 2.19. The van der Waals surface area contributed by atoms with E-state index in [0.29, 0.717) is 5.56 Å². The molecule has 0 saturated heterocycles. The molecule has 0 radical (unpaired) electrons. The summed E-state index contributed by atoms with van der Waals surface area (Å²) in [4.78, 5) is 0. The highest BCUT2D eigenvalue weighted by Crippen LogP contribution is 2.27. The second-order valence-electron chi connectivity index (χ2n) is 4.90. The van der Waals surface area contributed by atoms with Gasteiger partial charge in [-0.2, -0.15) is 8.78 Å². The van der Waals surface area contributed by atoms with Gasteiger partial charge in [0.25, 0.3) is 0 Å². The molecule has 0 aliphatic heterocycles. The number of allylic oxidation sites excluding steroid dienone is 1. The third kappa shape index (κ3) is 4.38. The molecule has 2 aromatic rings. The van der Waals surface area contributed by atoms with E-state index in [1.165, 1.54) is 17.7 Å². The summed E-state index contributed by atoms with van der Waals surface area (Å²) >= 11 is 0. The van der Waals surface area contributed by atoms with Gasteiger partial charge in [-0.25, -0.2) is 4.39 Å². The number of alkyl halides is 2. The minimum absolute atomic E-state index is 0.445. The zero-order chi connectivity index (χ0) is 15.9. The minimum atomic E-state index is -3.03. The Bertz CT molecular complexity index is 621. The van der Waals surface area contributed by atoms with Gasteiger partial charge in [-0.15, -0.1) is 6.58 Å². The van der Waals surface area contributed by atoms with E-state index < -0.39 is 18.2 Å². The van der Waals surface area contributed by atoms with E-state index in [-0.39, 0.29) is 0 Å². The maximum absolute atomic E-state index is 13.7. The fourth-order valence-corrected chi connectivity index (χ4v) is 2.19. The zero-order valence-electron chi connectivity index (χ0n) is 12.1. The number of aryl methyl sites for hydroxylation is 1. The quantitative estimate of drug-likeness (QED) is 0.477. The van der Waals surface area contributed by atoms with Gasteiger partial charge in [-0.05, 0) is 48.1 Å². The van der Waals surface area contributed by atoms with Gasteiger partial charge in [-0.1, -0.05) is 36.4 Å². The Morgan fingerprint density at radius 2 is 1.73 bits per heavy atom. The van der Waals surface area contributed by atoms with Crippen molar-refractivity contribution in [1.82, 2.24) is 0 Å². The van der Waals surface area contributed by atoms with Crippen molar-refractivity contribution >= 4 is 0 Å². The van der Waals surface area contributed by atoms with Gasteiger partial charge in [0.1, 0.15) is 0 Å². The number of hydrogen-bond acceptors (Lipinski definition) is 1. The summed E-state index contributed by atoms with van der Waals surface area (Å²) in [5, 5.41) is 0. The summed E-state index contributed by atoms with van der Waals surface area (Å²) < 4.78 is 42.0. The molecule has 22 heavy (non-hydrogen) atoms. The van der Waals surface area contributed by atoms with Crippen molar-refractivity contribution in [3.05, 3.63) is 66.5 Å². The van der Waals surface area contributed by atoms with Crippen molar-refractivity contribution in [2.24, 2.45) is 0 Å². The standard InChI is InChI=1S/C18H17F3O/c1-2-3-4-5-13-6-8-14(9-7-13)15-10-11-17(16(19)12-15)22-18(20)21/h2,6-12,18H,1,3-5H2. The molecular formula is C18H17F3O. The summed E-state index contributed by atoms with van der Waals surface area (Å²) in [5.74, 6) is -1.24. The molecule has 0 aliphatic rings. The van der Waals surface area contributed by atoms with Crippen molar-refractivity contribution < 1.29 is 17.9 Å². The monoisotopic (exact) mass is 306 g/mol. The number of halogens is 3. The molecule has 0 N–H and O–H groups in total.